The molecule has 3 N–H and O–H groups in total. The predicted octanol–water partition coefficient (Wildman–Crippen LogP) is 0.0374. The van der Waals surface area contributed by atoms with E-state index in [-0.39, 0.29) is 11.8 Å². The van der Waals surface area contributed by atoms with Gasteiger partial charge in [-0.15, -0.1) is 0 Å². The highest BCUT2D eigenvalue weighted by Gasteiger charge is 2.20. The van der Waals surface area contributed by atoms with Gasteiger partial charge in [-0.3, -0.25) is 10.2 Å². The van der Waals surface area contributed by atoms with Crippen molar-refractivity contribution in [3.8, 4) is 0 Å². The second kappa shape index (κ2) is 5.09. The van der Waals surface area contributed by atoms with Crippen LogP contribution in [0.1, 0.15) is 20.8 Å². The topological polar surface area (TPSA) is 64.3 Å². The van der Waals surface area contributed by atoms with Gasteiger partial charge in [0.2, 0.25) is 0 Å². The van der Waals surface area contributed by atoms with Crippen LogP contribution in [0.25, 0.3) is 0 Å². The molecule has 0 aromatic rings. The Morgan fingerprint density at radius 1 is 1.64 bits per heavy atom. The van der Waals surface area contributed by atoms with Gasteiger partial charge in [-0.2, -0.15) is 0 Å². The number of hydrazine groups is 1. The Balaban J connectivity index is 3.98. The zero-order valence-electron chi connectivity index (χ0n) is 7.26. The molecule has 4 heteroatoms. The van der Waals surface area contributed by atoms with Crippen LogP contribution in [0.5, 0.6) is 0 Å². The summed E-state index contributed by atoms with van der Waals surface area (Å²) in [5.74, 6) is 4.85. The fourth-order valence-corrected chi connectivity index (χ4v) is 0.833. The molecule has 1 atom stereocenters. The van der Waals surface area contributed by atoms with Crippen molar-refractivity contribution in [2.75, 3.05) is 6.61 Å². The number of hydrogen-bond donors (Lipinski definition) is 2. The first kappa shape index (κ1) is 10.4. The second-order valence-electron chi connectivity index (χ2n) is 2.63. The van der Waals surface area contributed by atoms with Crippen LogP contribution in [0.4, 0.5) is 0 Å². The molecule has 1 amide bonds. The van der Waals surface area contributed by atoms with Gasteiger partial charge in [0, 0.05) is 6.61 Å². The summed E-state index contributed by atoms with van der Waals surface area (Å²) in [7, 11) is 0. The largest absolute Gasteiger partial charge is 0.368 e. The van der Waals surface area contributed by atoms with Crippen LogP contribution in [0, 0.1) is 5.92 Å². The van der Waals surface area contributed by atoms with Gasteiger partial charge < -0.3 is 4.74 Å². The highest BCUT2D eigenvalue weighted by molar-refractivity contribution is 5.80. The van der Waals surface area contributed by atoms with Crippen molar-refractivity contribution in [2.45, 2.75) is 26.9 Å². The predicted molar refractivity (Wildman–Crippen MR) is 42.6 cm³/mol. The summed E-state index contributed by atoms with van der Waals surface area (Å²) in [5, 5.41) is 0. The molecule has 0 radical (unpaired) electrons. The molecule has 0 aliphatic rings. The molecule has 0 rings (SSSR count). The number of ether oxygens (including phenoxy) is 1. The molecule has 0 saturated carbocycles. The maximum absolute atomic E-state index is 11.0. The van der Waals surface area contributed by atoms with Crippen LogP contribution in [-0.4, -0.2) is 18.6 Å². The van der Waals surface area contributed by atoms with Crippen LogP contribution >= 0.6 is 0 Å². The van der Waals surface area contributed by atoms with E-state index in [9.17, 15) is 4.79 Å². The average Bonchev–Trinajstić information content (AvgIpc) is 1.98. The zero-order valence-corrected chi connectivity index (χ0v) is 7.26. The molecule has 0 aromatic carbocycles. The van der Waals surface area contributed by atoms with E-state index in [1.165, 1.54) is 0 Å². The number of nitrogens with one attached hydrogen (secondary N) is 1. The molecule has 0 spiro atoms. The zero-order chi connectivity index (χ0) is 8.85. The molecule has 0 aliphatic carbocycles. The summed E-state index contributed by atoms with van der Waals surface area (Å²) in [6.07, 6.45) is -0.426. The third-order valence-corrected chi connectivity index (χ3v) is 1.35. The molecule has 4 nitrogen and oxygen atoms in total. The quantitative estimate of drug-likeness (QED) is 0.346. The van der Waals surface area contributed by atoms with Gasteiger partial charge in [0.25, 0.3) is 5.91 Å². The molecule has 11 heavy (non-hydrogen) atoms. The molecule has 66 valence electrons. The third-order valence-electron chi connectivity index (χ3n) is 1.35. The number of amides is 1. The first-order chi connectivity index (χ1) is 5.13. The van der Waals surface area contributed by atoms with Gasteiger partial charge in [-0.25, -0.2) is 5.84 Å². The van der Waals surface area contributed by atoms with Gasteiger partial charge >= 0.3 is 0 Å². The molecule has 0 fully saturated rings. The van der Waals surface area contributed by atoms with E-state index in [1.54, 1.807) is 0 Å². The van der Waals surface area contributed by atoms with E-state index >= 15 is 0 Å². The lowest BCUT2D eigenvalue weighted by Gasteiger charge is -2.18. The Labute approximate surface area is 67.1 Å². The smallest absolute Gasteiger partial charge is 0.263 e. The van der Waals surface area contributed by atoms with Crippen molar-refractivity contribution in [2.24, 2.45) is 11.8 Å². The molecule has 0 aromatic heterocycles. The number of hydrogen-bond acceptors (Lipinski definition) is 3. The lowest BCUT2D eigenvalue weighted by molar-refractivity contribution is -0.135. The summed E-state index contributed by atoms with van der Waals surface area (Å²) >= 11 is 0. The van der Waals surface area contributed by atoms with E-state index in [0.29, 0.717) is 6.61 Å². The average molecular weight is 160 g/mol. The van der Waals surface area contributed by atoms with Gasteiger partial charge in [0.05, 0.1) is 0 Å². The molecule has 0 saturated heterocycles. The Bertz CT molecular complexity index is 126. The minimum absolute atomic E-state index is 0.151. The van der Waals surface area contributed by atoms with Gasteiger partial charge in [0.1, 0.15) is 6.10 Å². The summed E-state index contributed by atoms with van der Waals surface area (Å²) < 4.78 is 5.16. The van der Waals surface area contributed by atoms with Crippen LogP contribution in [-0.2, 0) is 9.53 Å². The summed E-state index contributed by atoms with van der Waals surface area (Å²) in [6.45, 7) is 6.20. The number of rotatable bonds is 4. The number of nitrogens with two attached hydrogens (primary N) is 1. The van der Waals surface area contributed by atoms with E-state index in [0.717, 1.165) is 0 Å². The van der Waals surface area contributed by atoms with E-state index in [1.807, 2.05) is 20.8 Å². The van der Waals surface area contributed by atoms with Crippen molar-refractivity contribution < 1.29 is 9.53 Å². The van der Waals surface area contributed by atoms with Gasteiger partial charge in [-0.05, 0) is 12.8 Å². The molecular formula is C7H16N2O2. The minimum Gasteiger partial charge on any atom is -0.368 e. The second-order valence-corrected chi connectivity index (χ2v) is 2.63. The Morgan fingerprint density at radius 3 is 2.45 bits per heavy atom. The fourth-order valence-electron chi connectivity index (χ4n) is 0.833. The van der Waals surface area contributed by atoms with Gasteiger partial charge in [-0.1, -0.05) is 13.8 Å². The Morgan fingerprint density at radius 2 is 2.18 bits per heavy atom. The van der Waals surface area contributed by atoms with E-state index in [4.69, 9.17) is 10.6 Å². The van der Waals surface area contributed by atoms with Crippen molar-refractivity contribution in [1.82, 2.24) is 5.43 Å². The summed E-state index contributed by atoms with van der Waals surface area (Å²) in [4.78, 5) is 11.0. The summed E-state index contributed by atoms with van der Waals surface area (Å²) in [5.41, 5.74) is 2.07. The van der Waals surface area contributed by atoms with E-state index < -0.39 is 6.10 Å². The monoisotopic (exact) mass is 160 g/mol. The maximum atomic E-state index is 11.0. The van der Waals surface area contributed by atoms with Gasteiger partial charge in [0.15, 0.2) is 0 Å². The Kier molecular flexibility index (Phi) is 4.81. The highest BCUT2D eigenvalue weighted by Crippen LogP contribution is 2.05. The first-order valence-electron chi connectivity index (χ1n) is 3.75. The Hall–Kier alpha value is -0.610. The molecule has 0 heterocycles. The van der Waals surface area contributed by atoms with Crippen molar-refractivity contribution in [3.63, 3.8) is 0 Å². The van der Waals surface area contributed by atoms with Crippen LogP contribution in [0.2, 0.25) is 0 Å². The maximum Gasteiger partial charge on any atom is 0.263 e. The number of carbonyl (C=O) groups excluding carboxylic acids is 1. The van der Waals surface area contributed by atoms with E-state index in [2.05, 4.69) is 5.43 Å². The molecular weight excluding hydrogens is 144 g/mol. The van der Waals surface area contributed by atoms with Crippen LogP contribution in [0.15, 0.2) is 0 Å². The van der Waals surface area contributed by atoms with Crippen molar-refractivity contribution >= 4 is 5.91 Å². The molecule has 1 unspecified atom stereocenters. The first-order valence-corrected chi connectivity index (χ1v) is 3.75. The lowest BCUT2D eigenvalue weighted by atomic mass is 10.1. The van der Waals surface area contributed by atoms with Crippen LogP contribution in [0.3, 0.4) is 0 Å². The summed E-state index contributed by atoms with van der Waals surface area (Å²) in [6, 6.07) is 0. The van der Waals surface area contributed by atoms with Crippen molar-refractivity contribution in [1.29, 1.82) is 0 Å². The van der Waals surface area contributed by atoms with Crippen molar-refractivity contribution in [3.05, 3.63) is 0 Å². The third kappa shape index (κ3) is 3.34. The highest BCUT2D eigenvalue weighted by atomic mass is 16.5. The molecule has 0 aliphatic heterocycles. The SMILES string of the molecule is CCOC(C(=O)NN)C(C)C. The minimum atomic E-state index is -0.426. The van der Waals surface area contributed by atoms with Crippen LogP contribution < -0.4 is 11.3 Å². The lowest BCUT2D eigenvalue weighted by Crippen LogP contribution is -2.43. The molecule has 0 bridgehead atoms. The normalized spacial score (nSPS) is 13.2. The number of carbonyl (C=O) groups is 1. The standard InChI is InChI=1S/C7H16N2O2/c1-4-11-6(5(2)3)7(10)9-8/h5-6H,4,8H2,1-3H3,(H,9,10). The fraction of sp³-hybridized carbons (Fsp3) is 0.857.